The summed E-state index contributed by atoms with van der Waals surface area (Å²) in [6.45, 7) is 8.11. The summed E-state index contributed by atoms with van der Waals surface area (Å²) in [6, 6.07) is 4.32. The maximum atomic E-state index is 4.32. The standard InChI is InChI=1S/C19H34N4S/c1-17(18-10-9-15-24-18)16-22-19(20-2)21-11-5-3-6-12-23-13-7-4-8-14-23/h9-10,15,17H,3-8,11-14,16H2,1-2H3,(H2,20,21,22). The summed E-state index contributed by atoms with van der Waals surface area (Å²) in [5.41, 5.74) is 0. The van der Waals surface area contributed by atoms with Crippen molar-refractivity contribution in [2.45, 2.75) is 51.4 Å². The van der Waals surface area contributed by atoms with Gasteiger partial charge >= 0.3 is 0 Å². The smallest absolute Gasteiger partial charge is 0.190 e. The van der Waals surface area contributed by atoms with Gasteiger partial charge in [0.2, 0.25) is 0 Å². The molecule has 136 valence electrons. The van der Waals surface area contributed by atoms with Crippen molar-refractivity contribution in [1.29, 1.82) is 0 Å². The van der Waals surface area contributed by atoms with Gasteiger partial charge in [0.05, 0.1) is 0 Å². The molecule has 0 saturated carbocycles. The number of aliphatic imine (C=N–C) groups is 1. The molecule has 2 heterocycles. The molecule has 1 aliphatic rings. The summed E-state index contributed by atoms with van der Waals surface area (Å²) >= 11 is 1.82. The first-order valence-electron chi connectivity index (χ1n) is 9.50. The van der Waals surface area contributed by atoms with E-state index in [0.29, 0.717) is 5.92 Å². The third-order valence-electron chi connectivity index (χ3n) is 4.72. The van der Waals surface area contributed by atoms with Gasteiger partial charge in [0.1, 0.15) is 0 Å². The molecule has 24 heavy (non-hydrogen) atoms. The van der Waals surface area contributed by atoms with Crippen LogP contribution in [0.3, 0.4) is 0 Å². The first-order chi connectivity index (χ1) is 11.8. The summed E-state index contributed by atoms with van der Waals surface area (Å²) in [7, 11) is 1.85. The second-order valence-electron chi connectivity index (χ2n) is 6.76. The molecule has 0 spiro atoms. The number of nitrogens with one attached hydrogen (secondary N) is 2. The van der Waals surface area contributed by atoms with E-state index in [2.05, 4.69) is 45.0 Å². The van der Waals surface area contributed by atoms with Gasteiger partial charge in [-0.2, -0.15) is 0 Å². The van der Waals surface area contributed by atoms with Gasteiger partial charge in [-0.3, -0.25) is 4.99 Å². The maximum absolute atomic E-state index is 4.32. The number of nitrogens with zero attached hydrogens (tertiary/aromatic N) is 2. The fourth-order valence-corrected chi connectivity index (χ4v) is 3.96. The van der Waals surface area contributed by atoms with Gasteiger partial charge in [-0.25, -0.2) is 0 Å². The Kier molecular flexibility index (Phi) is 9.21. The predicted octanol–water partition coefficient (Wildman–Crippen LogP) is 3.67. The molecule has 1 aromatic rings. The maximum Gasteiger partial charge on any atom is 0.190 e. The molecule has 2 rings (SSSR count). The van der Waals surface area contributed by atoms with Crippen molar-refractivity contribution < 1.29 is 0 Å². The topological polar surface area (TPSA) is 39.7 Å². The van der Waals surface area contributed by atoms with Crippen LogP contribution in [0.15, 0.2) is 22.5 Å². The zero-order chi connectivity index (χ0) is 17.0. The number of hydrogen-bond donors (Lipinski definition) is 2. The Morgan fingerprint density at radius 2 is 2.04 bits per heavy atom. The highest BCUT2D eigenvalue weighted by atomic mass is 32.1. The van der Waals surface area contributed by atoms with Gasteiger partial charge in [0.15, 0.2) is 5.96 Å². The van der Waals surface area contributed by atoms with Crippen LogP contribution >= 0.6 is 11.3 Å². The van der Waals surface area contributed by atoms with E-state index in [9.17, 15) is 0 Å². The molecule has 0 aliphatic carbocycles. The molecular formula is C19H34N4S. The normalized spacial score (nSPS) is 17.7. The van der Waals surface area contributed by atoms with Crippen LogP contribution in [-0.4, -0.2) is 50.6 Å². The minimum absolute atomic E-state index is 0.521. The summed E-state index contributed by atoms with van der Waals surface area (Å²) < 4.78 is 0. The fraction of sp³-hybridized carbons (Fsp3) is 0.737. The fourth-order valence-electron chi connectivity index (χ4n) is 3.17. The lowest BCUT2D eigenvalue weighted by atomic mass is 10.1. The molecule has 2 N–H and O–H groups in total. The SMILES string of the molecule is CN=C(NCCCCCN1CCCCC1)NCC(C)c1cccs1. The van der Waals surface area contributed by atoms with Gasteiger partial charge in [0, 0.05) is 30.9 Å². The Bertz CT molecular complexity index is 452. The minimum Gasteiger partial charge on any atom is -0.356 e. The number of thiophene rings is 1. The Hall–Kier alpha value is -1.07. The van der Waals surface area contributed by atoms with Crippen molar-refractivity contribution in [3.8, 4) is 0 Å². The lowest BCUT2D eigenvalue weighted by Gasteiger charge is -2.26. The van der Waals surface area contributed by atoms with Crippen molar-refractivity contribution in [3.05, 3.63) is 22.4 Å². The van der Waals surface area contributed by atoms with Crippen LogP contribution in [0.2, 0.25) is 0 Å². The van der Waals surface area contributed by atoms with Crippen LogP contribution < -0.4 is 10.6 Å². The molecule has 1 aliphatic heterocycles. The van der Waals surface area contributed by atoms with Crippen LogP contribution in [0.1, 0.15) is 56.2 Å². The molecule has 1 saturated heterocycles. The highest BCUT2D eigenvalue weighted by Crippen LogP contribution is 2.19. The van der Waals surface area contributed by atoms with Crippen LogP contribution in [-0.2, 0) is 0 Å². The molecule has 1 unspecified atom stereocenters. The van der Waals surface area contributed by atoms with Gasteiger partial charge < -0.3 is 15.5 Å². The van der Waals surface area contributed by atoms with Crippen LogP contribution in [0.4, 0.5) is 0 Å². The average molecular weight is 351 g/mol. The highest BCUT2D eigenvalue weighted by Gasteiger charge is 2.09. The summed E-state index contributed by atoms with van der Waals surface area (Å²) in [5.74, 6) is 1.45. The van der Waals surface area contributed by atoms with E-state index in [-0.39, 0.29) is 0 Å². The summed E-state index contributed by atoms with van der Waals surface area (Å²) in [4.78, 5) is 8.38. The van der Waals surface area contributed by atoms with Crippen molar-refractivity contribution >= 4 is 17.3 Å². The quantitative estimate of drug-likeness (QED) is 0.405. The number of guanidine groups is 1. The Morgan fingerprint density at radius 3 is 2.75 bits per heavy atom. The first-order valence-corrected chi connectivity index (χ1v) is 10.4. The van der Waals surface area contributed by atoms with Gasteiger partial charge in [-0.1, -0.05) is 25.8 Å². The molecule has 0 radical (unpaired) electrons. The Morgan fingerprint density at radius 1 is 1.21 bits per heavy atom. The number of piperidine rings is 1. The Balaban J connectivity index is 1.50. The third kappa shape index (κ3) is 7.22. The van der Waals surface area contributed by atoms with Gasteiger partial charge in [-0.05, 0) is 56.8 Å². The van der Waals surface area contributed by atoms with Crippen molar-refractivity contribution in [2.24, 2.45) is 4.99 Å². The molecular weight excluding hydrogens is 316 g/mol. The van der Waals surface area contributed by atoms with Crippen molar-refractivity contribution in [2.75, 3.05) is 39.8 Å². The third-order valence-corrected chi connectivity index (χ3v) is 5.82. The number of likely N-dealkylation sites (tertiary alicyclic amines) is 1. The molecule has 1 fully saturated rings. The van der Waals surface area contributed by atoms with E-state index in [0.717, 1.165) is 19.0 Å². The lowest BCUT2D eigenvalue weighted by molar-refractivity contribution is 0.224. The first kappa shape index (κ1) is 19.3. The number of hydrogen-bond acceptors (Lipinski definition) is 3. The molecule has 5 heteroatoms. The number of unbranched alkanes of at least 4 members (excludes halogenated alkanes) is 2. The summed E-state index contributed by atoms with van der Waals surface area (Å²) in [6.07, 6.45) is 8.06. The van der Waals surface area contributed by atoms with Crippen LogP contribution in [0.25, 0.3) is 0 Å². The van der Waals surface area contributed by atoms with E-state index in [4.69, 9.17) is 0 Å². The molecule has 4 nitrogen and oxygen atoms in total. The molecule has 0 amide bonds. The summed E-state index contributed by atoms with van der Waals surface area (Å²) in [5, 5.41) is 9.02. The van der Waals surface area contributed by atoms with E-state index >= 15 is 0 Å². The molecule has 1 atom stereocenters. The Labute approximate surface area is 151 Å². The zero-order valence-electron chi connectivity index (χ0n) is 15.4. The highest BCUT2D eigenvalue weighted by molar-refractivity contribution is 7.10. The van der Waals surface area contributed by atoms with Gasteiger partial charge in [0.25, 0.3) is 0 Å². The van der Waals surface area contributed by atoms with Crippen molar-refractivity contribution in [1.82, 2.24) is 15.5 Å². The average Bonchev–Trinajstić information content (AvgIpc) is 3.16. The molecule has 0 bridgehead atoms. The van der Waals surface area contributed by atoms with Gasteiger partial charge in [-0.15, -0.1) is 11.3 Å². The lowest BCUT2D eigenvalue weighted by Crippen LogP contribution is -2.39. The van der Waals surface area contributed by atoms with Crippen LogP contribution in [0, 0.1) is 0 Å². The van der Waals surface area contributed by atoms with Crippen LogP contribution in [0.5, 0.6) is 0 Å². The van der Waals surface area contributed by atoms with E-state index in [1.807, 2.05) is 18.4 Å². The molecule has 1 aromatic heterocycles. The van der Waals surface area contributed by atoms with E-state index < -0.39 is 0 Å². The monoisotopic (exact) mass is 350 g/mol. The van der Waals surface area contributed by atoms with E-state index in [1.165, 1.54) is 63.0 Å². The second kappa shape index (κ2) is 11.5. The van der Waals surface area contributed by atoms with E-state index in [1.54, 1.807) is 0 Å². The largest absolute Gasteiger partial charge is 0.356 e. The number of rotatable bonds is 9. The molecule has 0 aromatic carbocycles. The minimum atomic E-state index is 0.521. The van der Waals surface area contributed by atoms with Crippen molar-refractivity contribution in [3.63, 3.8) is 0 Å². The zero-order valence-corrected chi connectivity index (χ0v) is 16.2. The predicted molar refractivity (Wildman–Crippen MR) is 106 cm³/mol. The second-order valence-corrected chi connectivity index (χ2v) is 7.74.